The van der Waals surface area contributed by atoms with Gasteiger partial charge in [-0.15, -0.1) is 0 Å². The van der Waals surface area contributed by atoms with E-state index >= 15 is 0 Å². The van der Waals surface area contributed by atoms with Gasteiger partial charge in [0.2, 0.25) is 5.91 Å². The molecule has 4 rings (SSSR count). The predicted molar refractivity (Wildman–Crippen MR) is 101 cm³/mol. The lowest BCUT2D eigenvalue weighted by Gasteiger charge is -2.23. The van der Waals surface area contributed by atoms with Crippen LogP contribution in [0.5, 0.6) is 5.75 Å². The Morgan fingerprint density at radius 3 is 2.85 bits per heavy atom. The van der Waals surface area contributed by atoms with Gasteiger partial charge in [-0.3, -0.25) is 14.4 Å². The van der Waals surface area contributed by atoms with E-state index < -0.39 is 6.10 Å². The minimum absolute atomic E-state index is 0.0761. The molecule has 138 valence electrons. The van der Waals surface area contributed by atoms with Crippen LogP contribution in [0.15, 0.2) is 42.5 Å². The van der Waals surface area contributed by atoms with Gasteiger partial charge in [-0.25, -0.2) is 0 Å². The number of fused-ring (bicyclic) bond motifs is 1. The van der Waals surface area contributed by atoms with Gasteiger partial charge in [0.05, 0.1) is 5.69 Å². The van der Waals surface area contributed by atoms with Crippen molar-refractivity contribution in [3.8, 4) is 5.75 Å². The molecule has 2 aromatic carbocycles. The molecule has 2 N–H and O–H groups in total. The Labute approximate surface area is 156 Å². The van der Waals surface area contributed by atoms with E-state index in [1.54, 1.807) is 48.2 Å². The molecular weight excluding hydrogens is 346 g/mol. The number of hydrogen-bond donors (Lipinski definition) is 2. The zero-order valence-corrected chi connectivity index (χ0v) is 14.8. The summed E-state index contributed by atoms with van der Waals surface area (Å²) in [5.41, 5.74) is 2.25. The maximum absolute atomic E-state index is 12.6. The van der Waals surface area contributed by atoms with E-state index in [1.165, 1.54) is 0 Å². The van der Waals surface area contributed by atoms with Crippen LogP contribution in [0.2, 0.25) is 0 Å². The number of rotatable bonds is 3. The van der Waals surface area contributed by atoms with Gasteiger partial charge < -0.3 is 20.3 Å². The van der Waals surface area contributed by atoms with Crippen LogP contribution >= 0.6 is 0 Å². The third kappa shape index (κ3) is 3.36. The van der Waals surface area contributed by atoms with Crippen LogP contribution in [0.3, 0.4) is 0 Å². The second-order valence-corrected chi connectivity index (χ2v) is 6.61. The van der Waals surface area contributed by atoms with Crippen molar-refractivity contribution in [1.82, 2.24) is 0 Å². The fourth-order valence-electron chi connectivity index (χ4n) is 3.23. The molecule has 2 heterocycles. The smallest absolute Gasteiger partial charge is 0.265 e. The van der Waals surface area contributed by atoms with Crippen LogP contribution in [0.4, 0.5) is 17.1 Å². The summed E-state index contributed by atoms with van der Waals surface area (Å²) < 4.78 is 5.51. The van der Waals surface area contributed by atoms with Crippen LogP contribution in [0.25, 0.3) is 0 Å². The normalized spacial score (nSPS) is 18.6. The van der Waals surface area contributed by atoms with Gasteiger partial charge in [0.1, 0.15) is 5.75 Å². The number of ether oxygens (including phenoxy) is 1. The molecule has 0 aliphatic carbocycles. The lowest BCUT2D eigenvalue weighted by molar-refractivity contribution is -0.122. The van der Waals surface area contributed by atoms with Crippen molar-refractivity contribution >= 4 is 34.8 Å². The summed E-state index contributed by atoms with van der Waals surface area (Å²) >= 11 is 0. The highest BCUT2D eigenvalue weighted by Crippen LogP contribution is 2.32. The van der Waals surface area contributed by atoms with Crippen molar-refractivity contribution in [2.24, 2.45) is 0 Å². The van der Waals surface area contributed by atoms with E-state index in [9.17, 15) is 14.4 Å². The van der Waals surface area contributed by atoms with E-state index in [-0.39, 0.29) is 17.7 Å². The summed E-state index contributed by atoms with van der Waals surface area (Å²) in [6.07, 6.45) is 0.823. The predicted octanol–water partition coefficient (Wildman–Crippen LogP) is 2.79. The molecule has 1 atom stereocenters. The minimum atomic E-state index is -0.547. The first-order valence-electron chi connectivity index (χ1n) is 8.84. The molecule has 2 aliphatic heterocycles. The second kappa shape index (κ2) is 6.75. The van der Waals surface area contributed by atoms with Gasteiger partial charge in [0.25, 0.3) is 11.8 Å². The molecule has 0 saturated carbocycles. The number of benzene rings is 2. The Morgan fingerprint density at radius 1 is 1.22 bits per heavy atom. The first kappa shape index (κ1) is 17.1. The monoisotopic (exact) mass is 365 g/mol. The van der Waals surface area contributed by atoms with Crippen molar-refractivity contribution in [3.63, 3.8) is 0 Å². The van der Waals surface area contributed by atoms with Crippen LogP contribution < -0.4 is 20.3 Å². The molecule has 1 saturated heterocycles. The number of carbonyl (C=O) groups excluding carboxylic acids is 3. The first-order valence-corrected chi connectivity index (χ1v) is 8.84. The number of nitrogens with one attached hydrogen (secondary N) is 2. The second-order valence-electron chi connectivity index (χ2n) is 6.61. The molecule has 0 aromatic heterocycles. The highest BCUT2D eigenvalue weighted by atomic mass is 16.5. The number of amides is 3. The van der Waals surface area contributed by atoms with E-state index in [1.807, 2.05) is 6.07 Å². The molecule has 0 spiro atoms. The summed E-state index contributed by atoms with van der Waals surface area (Å²) in [7, 11) is 0. The van der Waals surface area contributed by atoms with Crippen molar-refractivity contribution in [2.45, 2.75) is 25.9 Å². The minimum Gasteiger partial charge on any atom is -0.479 e. The van der Waals surface area contributed by atoms with Crippen molar-refractivity contribution in [2.75, 3.05) is 22.1 Å². The van der Waals surface area contributed by atoms with E-state index in [2.05, 4.69) is 10.6 Å². The maximum atomic E-state index is 12.6. The van der Waals surface area contributed by atoms with Crippen LogP contribution in [0, 0.1) is 0 Å². The maximum Gasteiger partial charge on any atom is 0.265 e. The summed E-state index contributed by atoms with van der Waals surface area (Å²) in [5.74, 6) is 0.121. The molecule has 3 amide bonds. The summed E-state index contributed by atoms with van der Waals surface area (Å²) in [6, 6.07) is 12.1. The van der Waals surface area contributed by atoms with Crippen LogP contribution in [-0.4, -0.2) is 30.4 Å². The summed E-state index contributed by atoms with van der Waals surface area (Å²) in [5, 5.41) is 5.57. The molecule has 0 unspecified atom stereocenters. The molecule has 0 bridgehead atoms. The Bertz CT molecular complexity index is 941. The fraction of sp³-hybridized carbons (Fsp3) is 0.250. The molecule has 7 nitrogen and oxygen atoms in total. The average Bonchev–Trinajstić information content (AvgIpc) is 3.09. The molecule has 7 heteroatoms. The van der Waals surface area contributed by atoms with Gasteiger partial charge in [-0.05, 0) is 49.7 Å². The highest BCUT2D eigenvalue weighted by Gasteiger charge is 2.24. The Hall–Kier alpha value is -3.35. The number of nitrogens with zero attached hydrogens (tertiary/aromatic N) is 1. The standard InChI is InChI=1S/C20H19N3O4/c1-12-19(25)22-16-11-14(7-8-17(16)27-12)21-20(26)13-4-2-5-15(10-13)23-9-3-6-18(23)24/h2,4-5,7-8,10-12H,3,6,9H2,1H3,(H,21,26)(H,22,25)/t12-/m0/s1. The molecule has 0 radical (unpaired) electrons. The fourth-order valence-corrected chi connectivity index (χ4v) is 3.23. The van der Waals surface area contributed by atoms with E-state index in [0.717, 1.165) is 12.1 Å². The van der Waals surface area contributed by atoms with Crippen molar-refractivity contribution in [3.05, 3.63) is 48.0 Å². The largest absolute Gasteiger partial charge is 0.479 e. The van der Waals surface area contributed by atoms with Gasteiger partial charge in [0.15, 0.2) is 6.10 Å². The third-order valence-corrected chi connectivity index (χ3v) is 4.66. The number of carbonyl (C=O) groups is 3. The Balaban J connectivity index is 1.52. The summed E-state index contributed by atoms with van der Waals surface area (Å²) in [4.78, 5) is 38.0. The highest BCUT2D eigenvalue weighted by molar-refractivity contribution is 6.06. The molecule has 2 aromatic rings. The SMILES string of the molecule is C[C@@H]1Oc2ccc(NC(=O)c3cccc(N4CCCC4=O)c3)cc2NC1=O. The van der Waals surface area contributed by atoms with Crippen LogP contribution in [-0.2, 0) is 9.59 Å². The van der Waals surface area contributed by atoms with E-state index in [0.29, 0.717) is 35.7 Å². The zero-order chi connectivity index (χ0) is 19.0. The Morgan fingerprint density at radius 2 is 2.07 bits per heavy atom. The number of hydrogen-bond acceptors (Lipinski definition) is 4. The lowest BCUT2D eigenvalue weighted by Crippen LogP contribution is -2.34. The lowest BCUT2D eigenvalue weighted by atomic mass is 10.1. The first-order chi connectivity index (χ1) is 13.0. The quantitative estimate of drug-likeness (QED) is 0.876. The van der Waals surface area contributed by atoms with Gasteiger partial charge in [0, 0.05) is 29.9 Å². The van der Waals surface area contributed by atoms with Crippen molar-refractivity contribution in [1.29, 1.82) is 0 Å². The van der Waals surface area contributed by atoms with E-state index in [4.69, 9.17) is 4.74 Å². The van der Waals surface area contributed by atoms with Crippen molar-refractivity contribution < 1.29 is 19.1 Å². The zero-order valence-electron chi connectivity index (χ0n) is 14.8. The van der Waals surface area contributed by atoms with Gasteiger partial charge >= 0.3 is 0 Å². The molecule has 1 fully saturated rings. The Kier molecular flexibility index (Phi) is 4.27. The number of anilines is 3. The average molecular weight is 365 g/mol. The molecule has 27 heavy (non-hydrogen) atoms. The molecule has 2 aliphatic rings. The topological polar surface area (TPSA) is 87.7 Å². The van der Waals surface area contributed by atoms with Gasteiger partial charge in [-0.2, -0.15) is 0 Å². The third-order valence-electron chi connectivity index (χ3n) is 4.66. The van der Waals surface area contributed by atoms with Crippen LogP contribution in [0.1, 0.15) is 30.1 Å². The van der Waals surface area contributed by atoms with Gasteiger partial charge in [-0.1, -0.05) is 6.07 Å². The summed E-state index contributed by atoms with van der Waals surface area (Å²) in [6.45, 7) is 2.35. The molecular formula is C20H19N3O4.